The van der Waals surface area contributed by atoms with Crippen LogP contribution in [0.2, 0.25) is 0 Å². The van der Waals surface area contributed by atoms with Crippen LogP contribution in [0, 0.1) is 23.0 Å². The molecular weight excluding hydrogens is 300 g/mol. The van der Waals surface area contributed by atoms with Crippen LogP contribution in [0.4, 0.5) is 8.78 Å². The van der Waals surface area contributed by atoms with Gasteiger partial charge in [0.25, 0.3) is 0 Å². The van der Waals surface area contributed by atoms with Gasteiger partial charge in [0.05, 0.1) is 25.7 Å². The second kappa shape index (κ2) is 8.14. The molecule has 0 heterocycles. The highest BCUT2D eigenvalue weighted by atomic mass is 19.2. The Balaban J connectivity index is 1.86. The zero-order chi connectivity index (χ0) is 16.7. The van der Waals surface area contributed by atoms with Crippen LogP contribution in [-0.2, 0) is 0 Å². The van der Waals surface area contributed by atoms with Crippen LogP contribution < -0.4 is 9.47 Å². The average Bonchev–Trinajstić information content (AvgIpc) is 2.58. The number of ether oxygens (including phenoxy) is 2. The summed E-state index contributed by atoms with van der Waals surface area (Å²) in [5.74, 6) is -1.12. The molecule has 0 saturated heterocycles. The van der Waals surface area contributed by atoms with Gasteiger partial charge in [-0.15, -0.1) is 0 Å². The SMILES string of the molecule is COc1cccc(C(C#N)CCCOc2ccc(F)c(F)c2)c1. The molecule has 0 amide bonds. The van der Waals surface area contributed by atoms with Crippen molar-refractivity contribution in [2.75, 3.05) is 13.7 Å². The summed E-state index contributed by atoms with van der Waals surface area (Å²) in [6.07, 6.45) is 1.22. The van der Waals surface area contributed by atoms with Crippen LogP contribution in [0.15, 0.2) is 42.5 Å². The minimum Gasteiger partial charge on any atom is -0.497 e. The Bertz CT molecular complexity index is 698. The normalized spacial score (nSPS) is 11.6. The number of methoxy groups -OCH3 is 1. The summed E-state index contributed by atoms with van der Waals surface area (Å²) < 4.78 is 36.4. The van der Waals surface area contributed by atoms with Crippen molar-refractivity contribution in [3.63, 3.8) is 0 Å². The predicted molar refractivity (Wildman–Crippen MR) is 82.4 cm³/mol. The maximum absolute atomic E-state index is 13.1. The molecule has 23 heavy (non-hydrogen) atoms. The van der Waals surface area contributed by atoms with Gasteiger partial charge >= 0.3 is 0 Å². The fourth-order valence-electron chi connectivity index (χ4n) is 2.21. The van der Waals surface area contributed by atoms with Crippen molar-refractivity contribution in [3.05, 3.63) is 59.7 Å². The molecule has 0 saturated carbocycles. The number of nitriles is 1. The lowest BCUT2D eigenvalue weighted by Crippen LogP contribution is -2.02. The Morgan fingerprint density at radius 1 is 1.09 bits per heavy atom. The van der Waals surface area contributed by atoms with Gasteiger partial charge < -0.3 is 9.47 Å². The van der Waals surface area contributed by atoms with E-state index in [0.29, 0.717) is 25.2 Å². The molecule has 0 spiro atoms. The minimum atomic E-state index is -0.936. The molecule has 0 aromatic heterocycles. The molecule has 3 nitrogen and oxygen atoms in total. The molecule has 120 valence electrons. The molecule has 5 heteroatoms. The van der Waals surface area contributed by atoms with Crippen LogP contribution in [0.3, 0.4) is 0 Å². The summed E-state index contributed by atoms with van der Waals surface area (Å²) in [6.45, 7) is 0.327. The topological polar surface area (TPSA) is 42.2 Å². The number of halogens is 2. The molecule has 1 atom stereocenters. The first-order chi connectivity index (χ1) is 11.1. The van der Waals surface area contributed by atoms with Crippen LogP contribution in [-0.4, -0.2) is 13.7 Å². The van der Waals surface area contributed by atoms with Gasteiger partial charge in [-0.3, -0.25) is 0 Å². The molecular formula is C18H17F2NO2. The van der Waals surface area contributed by atoms with Crippen molar-refractivity contribution >= 4 is 0 Å². The average molecular weight is 317 g/mol. The van der Waals surface area contributed by atoms with E-state index in [-0.39, 0.29) is 11.7 Å². The second-order valence-electron chi connectivity index (χ2n) is 5.02. The first-order valence-electron chi connectivity index (χ1n) is 7.25. The summed E-state index contributed by atoms with van der Waals surface area (Å²) in [6, 6.07) is 13.1. The van der Waals surface area contributed by atoms with Gasteiger partial charge in [0.2, 0.25) is 0 Å². The fraction of sp³-hybridized carbons (Fsp3) is 0.278. The Labute approximate surface area is 134 Å². The van der Waals surface area contributed by atoms with E-state index < -0.39 is 11.6 Å². The third kappa shape index (κ3) is 4.68. The largest absolute Gasteiger partial charge is 0.497 e. The number of rotatable bonds is 7. The van der Waals surface area contributed by atoms with E-state index in [2.05, 4.69) is 6.07 Å². The molecule has 2 aromatic rings. The highest BCUT2D eigenvalue weighted by Crippen LogP contribution is 2.24. The zero-order valence-electron chi connectivity index (χ0n) is 12.8. The molecule has 0 aliphatic rings. The number of hydrogen-bond donors (Lipinski definition) is 0. The Morgan fingerprint density at radius 2 is 1.91 bits per heavy atom. The summed E-state index contributed by atoms with van der Waals surface area (Å²) >= 11 is 0. The van der Waals surface area contributed by atoms with Crippen LogP contribution in [0.1, 0.15) is 24.3 Å². The van der Waals surface area contributed by atoms with E-state index >= 15 is 0 Å². The lowest BCUT2D eigenvalue weighted by atomic mass is 9.96. The van der Waals surface area contributed by atoms with Gasteiger partial charge in [-0.2, -0.15) is 5.26 Å². The molecule has 0 aliphatic heterocycles. The minimum absolute atomic E-state index is 0.265. The van der Waals surface area contributed by atoms with Crippen molar-refractivity contribution in [1.29, 1.82) is 5.26 Å². The summed E-state index contributed by atoms with van der Waals surface area (Å²) in [7, 11) is 1.58. The molecule has 0 aliphatic carbocycles. The smallest absolute Gasteiger partial charge is 0.162 e. The summed E-state index contributed by atoms with van der Waals surface area (Å²) in [4.78, 5) is 0. The third-order valence-electron chi connectivity index (χ3n) is 3.45. The molecule has 0 fully saturated rings. The monoisotopic (exact) mass is 317 g/mol. The second-order valence-corrected chi connectivity index (χ2v) is 5.02. The van der Waals surface area contributed by atoms with E-state index in [1.807, 2.05) is 24.3 Å². The van der Waals surface area contributed by atoms with E-state index in [4.69, 9.17) is 9.47 Å². The van der Waals surface area contributed by atoms with E-state index in [0.717, 1.165) is 17.7 Å². The van der Waals surface area contributed by atoms with Crippen LogP contribution >= 0.6 is 0 Å². The van der Waals surface area contributed by atoms with Gasteiger partial charge in [0.1, 0.15) is 11.5 Å². The van der Waals surface area contributed by atoms with Crippen LogP contribution in [0.25, 0.3) is 0 Å². The van der Waals surface area contributed by atoms with Gasteiger partial charge in [0.15, 0.2) is 11.6 Å². The van der Waals surface area contributed by atoms with Crippen LogP contribution in [0.5, 0.6) is 11.5 Å². The maximum Gasteiger partial charge on any atom is 0.162 e. The summed E-state index contributed by atoms with van der Waals surface area (Å²) in [5, 5.41) is 9.30. The van der Waals surface area contributed by atoms with Crippen molar-refractivity contribution in [3.8, 4) is 17.6 Å². The predicted octanol–water partition coefficient (Wildman–Crippen LogP) is 4.44. The zero-order valence-corrected chi connectivity index (χ0v) is 12.8. The first kappa shape index (κ1) is 16.8. The molecule has 2 aromatic carbocycles. The highest BCUT2D eigenvalue weighted by Gasteiger charge is 2.11. The van der Waals surface area contributed by atoms with Crippen molar-refractivity contribution in [2.45, 2.75) is 18.8 Å². The lowest BCUT2D eigenvalue weighted by Gasteiger charge is -2.11. The molecule has 1 unspecified atom stereocenters. The molecule has 2 rings (SSSR count). The van der Waals surface area contributed by atoms with Gasteiger partial charge in [0, 0.05) is 6.07 Å². The molecule has 0 radical (unpaired) electrons. The number of hydrogen-bond acceptors (Lipinski definition) is 3. The van der Waals surface area contributed by atoms with E-state index in [9.17, 15) is 14.0 Å². The van der Waals surface area contributed by atoms with Gasteiger partial charge in [-0.25, -0.2) is 8.78 Å². The van der Waals surface area contributed by atoms with E-state index in [1.54, 1.807) is 7.11 Å². The third-order valence-corrected chi connectivity index (χ3v) is 3.45. The lowest BCUT2D eigenvalue weighted by molar-refractivity contribution is 0.302. The quantitative estimate of drug-likeness (QED) is 0.709. The van der Waals surface area contributed by atoms with Gasteiger partial charge in [-0.05, 0) is 42.7 Å². The highest BCUT2D eigenvalue weighted by molar-refractivity contribution is 5.33. The summed E-state index contributed by atoms with van der Waals surface area (Å²) in [5.41, 5.74) is 0.889. The Morgan fingerprint density at radius 3 is 2.61 bits per heavy atom. The number of nitrogens with zero attached hydrogens (tertiary/aromatic N) is 1. The van der Waals surface area contributed by atoms with Crippen molar-refractivity contribution in [2.24, 2.45) is 0 Å². The van der Waals surface area contributed by atoms with E-state index in [1.165, 1.54) is 6.07 Å². The fourth-order valence-corrected chi connectivity index (χ4v) is 2.21. The maximum atomic E-state index is 13.1. The standard InChI is InChI=1S/C18H17F2NO2/c1-22-15-6-2-4-13(10-15)14(12-21)5-3-9-23-16-7-8-17(19)18(20)11-16/h2,4,6-8,10-11,14H,3,5,9H2,1H3. The Kier molecular flexibility index (Phi) is 5.93. The van der Waals surface area contributed by atoms with Crippen molar-refractivity contribution in [1.82, 2.24) is 0 Å². The number of benzene rings is 2. The Hall–Kier alpha value is -2.61. The molecule has 0 N–H and O–H groups in total. The first-order valence-corrected chi connectivity index (χ1v) is 7.25. The van der Waals surface area contributed by atoms with Gasteiger partial charge in [-0.1, -0.05) is 12.1 Å². The van der Waals surface area contributed by atoms with Crippen molar-refractivity contribution < 1.29 is 18.3 Å². The molecule has 0 bridgehead atoms.